The second kappa shape index (κ2) is 22.6. The third kappa shape index (κ3) is 11.2. The number of nitrogens with zero attached hydrogens (tertiary/aromatic N) is 9. The number of carbonyl (C=O) groups is 3. The number of fused-ring (bicyclic) bond motifs is 3. The summed E-state index contributed by atoms with van der Waals surface area (Å²) in [6.45, 7) is 9.91. The maximum absolute atomic E-state index is 17.0. The van der Waals surface area contributed by atoms with E-state index in [1.807, 2.05) is 64.5 Å². The van der Waals surface area contributed by atoms with Gasteiger partial charge in [0.2, 0.25) is 11.8 Å². The van der Waals surface area contributed by atoms with Crippen molar-refractivity contribution in [3.63, 3.8) is 0 Å². The van der Waals surface area contributed by atoms with Crippen LogP contribution in [0, 0.1) is 18.7 Å². The summed E-state index contributed by atoms with van der Waals surface area (Å²) in [6.07, 6.45) is 5.43. The van der Waals surface area contributed by atoms with Crippen LogP contribution in [0.1, 0.15) is 106 Å². The van der Waals surface area contributed by atoms with Gasteiger partial charge in [-0.1, -0.05) is 49.7 Å². The van der Waals surface area contributed by atoms with Gasteiger partial charge in [0.15, 0.2) is 11.6 Å². The smallest absolute Gasteiger partial charge is 0.410 e. The molecule has 3 amide bonds. The number of carbonyl (C=O) groups excluding carboxylic acids is 3. The minimum atomic E-state index is -0.885. The van der Waals surface area contributed by atoms with Crippen molar-refractivity contribution in [2.45, 2.75) is 133 Å². The lowest BCUT2D eigenvalue weighted by atomic mass is 9.91. The second-order valence-electron chi connectivity index (χ2n) is 23.1. The number of phenols is 1. The summed E-state index contributed by atoms with van der Waals surface area (Å²) < 4.78 is 40.9. The number of benzene rings is 2. The molecule has 5 aliphatic heterocycles. The Balaban J connectivity index is 0.633. The molecule has 428 valence electrons. The van der Waals surface area contributed by atoms with Gasteiger partial charge in [0.05, 0.1) is 46.7 Å². The summed E-state index contributed by atoms with van der Waals surface area (Å²) in [6, 6.07) is 11.8. The number of piperazine rings is 1. The number of β-amino-alcohol motifs (C(OH)–C–C–N with tert-alkyl or cyclic N) is 1. The SMILES string of the molecule is Cc1ncsc1-c1ccc([C@H](C)NC(=O)[C@@H]2C[C@@H](O)CN2C(=O)[C@@H](c2cc(OC3CN(C(=O)OC[C@@H]4CC[C@@H](COc5nc(N6CC7CCC(C6)N7)c6cnc(-c7cc(O)cc(Cl)c7C7CC7)c(F)c6n5)N4C)C3)no2)C(C)C)cc1. The van der Waals surface area contributed by atoms with E-state index in [2.05, 4.69) is 40.5 Å². The Morgan fingerprint density at radius 2 is 1.69 bits per heavy atom. The predicted octanol–water partition coefficient (Wildman–Crippen LogP) is 7.75. The van der Waals surface area contributed by atoms with Crippen LogP contribution in [0.2, 0.25) is 5.02 Å². The lowest BCUT2D eigenvalue weighted by molar-refractivity contribution is -0.141. The number of likely N-dealkylation sites (N-methyl/N-ethyl adjacent to an activating group) is 1. The quantitative estimate of drug-likeness (QED) is 0.0683. The molecule has 1 aliphatic carbocycles. The van der Waals surface area contributed by atoms with Gasteiger partial charge in [0.1, 0.15) is 54.1 Å². The molecule has 81 heavy (non-hydrogen) atoms. The molecule has 4 aromatic heterocycles. The molecule has 8 atom stereocenters. The lowest BCUT2D eigenvalue weighted by Gasteiger charge is -2.37. The van der Waals surface area contributed by atoms with Crippen LogP contribution >= 0.6 is 22.9 Å². The summed E-state index contributed by atoms with van der Waals surface area (Å²) in [5.74, 6) is -1.33. The van der Waals surface area contributed by atoms with Crippen molar-refractivity contribution in [1.29, 1.82) is 0 Å². The number of pyridine rings is 1. The minimum Gasteiger partial charge on any atom is -0.508 e. The number of aryl methyl sites for hydroxylation is 1. The van der Waals surface area contributed by atoms with Gasteiger partial charge in [-0.3, -0.25) is 19.5 Å². The molecule has 0 radical (unpaired) electrons. The first kappa shape index (κ1) is 54.8. The maximum atomic E-state index is 17.0. The van der Waals surface area contributed by atoms with Gasteiger partial charge in [-0.25, -0.2) is 14.2 Å². The number of halogens is 2. The molecule has 0 spiro atoms. The van der Waals surface area contributed by atoms with E-state index in [1.165, 1.54) is 17.0 Å². The normalized spacial score (nSPS) is 23.7. The number of nitrogens with one attached hydrogen (secondary N) is 2. The molecule has 9 heterocycles. The summed E-state index contributed by atoms with van der Waals surface area (Å²) in [5.41, 5.74) is 6.09. The molecule has 12 rings (SSSR count). The number of hydrogen-bond acceptors (Lipinski definition) is 18. The molecule has 6 aromatic rings. The van der Waals surface area contributed by atoms with Crippen LogP contribution in [0.15, 0.2) is 58.7 Å². The van der Waals surface area contributed by atoms with Crippen molar-refractivity contribution >= 4 is 57.6 Å². The summed E-state index contributed by atoms with van der Waals surface area (Å²) in [7, 11) is 1.97. The van der Waals surface area contributed by atoms with E-state index < -0.39 is 36.1 Å². The molecular formula is C58H67ClFN11O9S. The van der Waals surface area contributed by atoms with E-state index in [0.29, 0.717) is 47.0 Å². The van der Waals surface area contributed by atoms with Gasteiger partial charge in [-0.05, 0) is 105 Å². The van der Waals surface area contributed by atoms with Crippen LogP contribution in [0.5, 0.6) is 17.6 Å². The van der Waals surface area contributed by atoms with Crippen LogP contribution < -0.4 is 25.0 Å². The molecule has 2 unspecified atom stereocenters. The number of aromatic hydroxyl groups is 1. The summed E-state index contributed by atoms with van der Waals surface area (Å²) in [5, 5.41) is 33.0. The zero-order valence-electron chi connectivity index (χ0n) is 45.9. The predicted molar refractivity (Wildman–Crippen MR) is 300 cm³/mol. The monoisotopic (exact) mass is 1150 g/mol. The fraction of sp³-hybridized carbons (Fsp3) is 0.517. The fourth-order valence-electron chi connectivity index (χ4n) is 12.4. The van der Waals surface area contributed by atoms with Crippen molar-refractivity contribution in [3.05, 3.63) is 87.6 Å². The Bertz CT molecular complexity index is 3330. The number of likely N-dealkylation sites (tertiary alicyclic amines) is 3. The largest absolute Gasteiger partial charge is 0.508 e. The third-order valence-corrected chi connectivity index (χ3v) is 18.4. The topological polar surface area (TPSA) is 234 Å². The van der Waals surface area contributed by atoms with E-state index in [9.17, 15) is 24.6 Å². The molecule has 4 N–H and O–H groups in total. The highest BCUT2D eigenvalue weighted by molar-refractivity contribution is 7.13. The number of thiazole rings is 1. The number of aromatic nitrogens is 5. The summed E-state index contributed by atoms with van der Waals surface area (Å²) >= 11 is 8.21. The number of aliphatic hydroxyl groups is 1. The van der Waals surface area contributed by atoms with Gasteiger partial charge in [0, 0.05) is 73.1 Å². The summed E-state index contributed by atoms with van der Waals surface area (Å²) in [4.78, 5) is 68.3. The number of anilines is 1. The van der Waals surface area contributed by atoms with Gasteiger partial charge in [0.25, 0.3) is 5.88 Å². The Hall–Kier alpha value is -6.72. The van der Waals surface area contributed by atoms with E-state index >= 15 is 4.39 Å². The molecule has 6 fully saturated rings. The average molecular weight is 1150 g/mol. The molecule has 1 saturated carbocycles. The second-order valence-corrected chi connectivity index (χ2v) is 24.4. The first-order chi connectivity index (χ1) is 39.0. The van der Waals surface area contributed by atoms with Crippen LogP contribution in [0.3, 0.4) is 0 Å². The van der Waals surface area contributed by atoms with Crippen molar-refractivity contribution in [2.24, 2.45) is 5.92 Å². The van der Waals surface area contributed by atoms with Crippen LogP contribution in [0.25, 0.3) is 32.6 Å². The maximum Gasteiger partial charge on any atom is 0.410 e. The Labute approximate surface area is 477 Å². The first-order valence-electron chi connectivity index (χ1n) is 28.1. The number of rotatable bonds is 17. The zero-order valence-corrected chi connectivity index (χ0v) is 47.5. The van der Waals surface area contributed by atoms with E-state index in [-0.39, 0.29) is 116 Å². The van der Waals surface area contributed by atoms with E-state index in [4.69, 9.17) is 35.3 Å². The number of aliphatic hydroxyl groups excluding tert-OH is 1. The van der Waals surface area contributed by atoms with Crippen molar-refractivity contribution < 1.29 is 47.7 Å². The number of ether oxygens (including phenoxy) is 3. The van der Waals surface area contributed by atoms with Crippen molar-refractivity contribution in [2.75, 3.05) is 57.9 Å². The van der Waals surface area contributed by atoms with E-state index in [1.54, 1.807) is 28.5 Å². The molecule has 2 bridgehead atoms. The Morgan fingerprint density at radius 1 is 0.951 bits per heavy atom. The number of phenolic OH excluding ortho intramolecular Hbond substituents is 1. The molecule has 20 nitrogen and oxygen atoms in total. The lowest BCUT2D eigenvalue weighted by Crippen LogP contribution is -2.56. The zero-order chi connectivity index (χ0) is 56.4. The van der Waals surface area contributed by atoms with Crippen LogP contribution in [0.4, 0.5) is 15.0 Å². The van der Waals surface area contributed by atoms with Gasteiger partial charge in [-0.2, -0.15) is 9.97 Å². The Morgan fingerprint density at radius 3 is 2.40 bits per heavy atom. The van der Waals surface area contributed by atoms with E-state index in [0.717, 1.165) is 65.8 Å². The molecule has 6 aliphatic rings. The minimum absolute atomic E-state index is 0.000197. The average Bonchev–Trinajstić information content (AvgIpc) is 4.05. The highest BCUT2D eigenvalue weighted by atomic mass is 35.5. The van der Waals surface area contributed by atoms with Gasteiger partial charge in [-0.15, -0.1) is 11.3 Å². The molecule has 5 saturated heterocycles. The molecule has 2 aromatic carbocycles. The standard InChI is InChI=1S/C58H67ClFN11O9S/c1-29(2)48(56(75)71-23-40(73)18-45(71)55(74)63-30(3)32-6-10-34(11-7-32)53-31(4)62-28-81-53)46-19-47(67-80-46)79-41-24-70(25-41)58(76)78-27-38-15-14-37(68(38)5)26-77-57-65-52-43(54(66-57)69-21-35-12-13-36(22-69)64-35)20-61-51(50(52)60)42-16-39(72)17-44(59)49(42)33-8-9-33/h6-7,10-11,16-17,19-20,28-30,33,35-38,40-41,45,48,64,72-73H,8-9,12-15,18,21-27H2,1-5H3,(H,63,74)/t30-,35?,36?,37-,38-,40+,45-,48+/m0/s1. The fourth-order valence-corrected chi connectivity index (χ4v) is 13.6. The van der Waals surface area contributed by atoms with Gasteiger partial charge < -0.3 is 54.3 Å². The highest BCUT2D eigenvalue weighted by Crippen LogP contribution is 2.49. The number of amides is 3. The van der Waals surface area contributed by atoms with Crippen LogP contribution in [-0.2, 0) is 14.3 Å². The highest BCUT2D eigenvalue weighted by Gasteiger charge is 2.45. The van der Waals surface area contributed by atoms with Crippen LogP contribution in [-0.4, -0.2) is 163 Å². The molecule has 23 heteroatoms. The molecular weight excluding hydrogens is 1080 g/mol. The van der Waals surface area contributed by atoms with Crippen molar-refractivity contribution in [3.8, 4) is 39.3 Å². The number of hydrogen-bond donors (Lipinski definition) is 4. The van der Waals surface area contributed by atoms with Gasteiger partial charge >= 0.3 is 12.1 Å². The third-order valence-electron chi connectivity index (χ3n) is 17.1. The first-order valence-corrected chi connectivity index (χ1v) is 29.4. The Kier molecular flexibility index (Phi) is 15.3. The van der Waals surface area contributed by atoms with Crippen molar-refractivity contribution in [1.82, 2.24) is 50.4 Å².